The van der Waals surface area contributed by atoms with Gasteiger partial charge in [-0.2, -0.15) is 18.4 Å². The van der Waals surface area contributed by atoms with Crippen molar-refractivity contribution in [2.24, 2.45) is 0 Å². The summed E-state index contributed by atoms with van der Waals surface area (Å²) in [7, 11) is 0. The fourth-order valence-electron chi connectivity index (χ4n) is 2.27. The number of aromatic nitrogens is 1. The van der Waals surface area contributed by atoms with Gasteiger partial charge in [0.2, 0.25) is 0 Å². The molecule has 136 valence electrons. The van der Waals surface area contributed by atoms with Crippen LogP contribution in [0, 0.1) is 11.3 Å². The van der Waals surface area contributed by atoms with Crippen LogP contribution in [0.1, 0.15) is 19.4 Å². The van der Waals surface area contributed by atoms with Gasteiger partial charge in [-0.1, -0.05) is 12.6 Å². The molecule has 2 aromatic rings. The highest BCUT2D eigenvalue weighted by molar-refractivity contribution is 7.81. The molecular weight excluding hydrogens is 355 g/mol. The van der Waals surface area contributed by atoms with Crippen molar-refractivity contribution in [1.29, 1.82) is 5.26 Å². The minimum absolute atomic E-state index is 0.294. The van der Waals surface area contributed by atoms with Crippen molar-refractivity contribution >= 4 is 29.2 Å². The molecule has 1 unspecified atom stereocenters. The van der Waals surface area contributed by atoms with Crippen LogP contribution in [-0.2, 0) is 4.89 Å². The van der Waals surface area contributed by atoms with E-state index in [9.17, 15) is 13.2 Å². The second-order valence-corrected chi connectivity index (χ2v) is 5.57. The molecule has 25 heavy (non-hydrogen) atoms. The van der Waals surface area contributed by atoms with Gasteiger partial charge < -0.3 is 4.90 Å². The maximum Gasteiger partial charge on any atom is 0.438 e. The molecule has 0 aliphatic rings. The highest BCUT2D eigenvalue weighted by atomic mass is 32.1. The lowest BCUT2D eigenvalue weighted by Gasteiger charge is -2.26. The van der Waals surface area contributed by atoms with Crippen LogP contribution in [0.15, 0.2) is 30.5 Å². The second-order valence-electron chi connectivity index (χ2n) is 5.07. The van der Waals surface area contributed by atoms with Gasteiger partial charge in [0.15, 0.2) is 0 Å². The summed E-state index contributed by atoms with van der Waals surface area (Å²) in [6, 6.07) is 9.65. The van der Waals surface area contributed by atoms with E-state index < -0.39 is 5.51 Å². The molecule has 9 heteroatoms. The van der Waals surface area contributed by atoms with Gasteiger partial charge in [0, 0.05) is 30.4 Å². The molecule has 1 aromatic heterocycles. The molecule has 5 nitrogen and oxygen atoms in total. The van der Waals surface area contributed by atoms with Gasteiger partial charge >= 0.3 is 5.51 Å². The number of halogens is 3. The number of hydrogen-bond donors (Lipinski definition) is 2. The number of rotatable bonds is 5. The van der Waals surface area contributed by atoms with Gasteiger partial charge in [-0.3, -0.25) is 10.2 Å². The molecule has 1 aromatic carbocycles. The van der Waals surface area contributed by atoms with Gasteiger partial charge in [0.25, 0.3) is 0 Å². The summed E-state index contributed by atoms with van der Waals surface area (Å²) in [5.74, 6) is 0. The fourth-order valence-corrected chi connectivity index (χ4v) is 2.27. The number of fused-ring (bicyclic) bond motifs is 1. The van der Waals surface area contributed by atoms with Gasteiger partial charge in [0.1, 0.15) is 12.2 Å². The topological polar surface area (TPSA) is 69.4 Å². The minimum atomic E-state index is -4.31. The van der Waals surface area contributed by atoms with E-state index in [0.717, 1.165) is 17.6 Å². The molecule has 1 atom stereocenters. The zero-order chi connectivity index (χ0) is 19.0. The van der Waals surface area contributed by atoms with Gasteiger partial charge in [-0.25, -0.2) is 4.89 Å². The number of hydrogen-bond acceptors (Lipinski definition) is 6. The van der Waals surface area contributed by atoms with Crippen LogP contribution in [0.5, 0.6) is 0 Å². The first-order chi connectivity index (χ1) is 11.7. The normalized spacial score (nSPS) is 12.1. The Morgan fingerprint density at radius 2 is 2.04 bits per heavy atom. The summed E-state index contributed by atoms with van der Waals surface area (Å²) in [6.07, 6.45) is 1.39. The molecular formula is C16H18F3N3O2S. The number of thiol groups is 1. The van der Waals surface area contributed by atoms with E-state index in [2.05, 4.69) is 33.5 Å². The first-order valence-electron chi connectivity index (χ1n) is 7.33. The first-order valence-corrected chi connectivity index (χ1v) is 7.78. The lowest BCUT2D eigenvalue weighted by atomic mass is 10.1. The number of likely N-dealkylation sites (N-methyl/N-ethyl adjacent to an activating group) is 1. The standard InChI is InChI=1S/C15H17N3O2.CHF3S/c1-3-18(10-11(2)20-19)14-7-6-12(9-16)15-13(14)5-4-8-17-15;2-1(3,4)5/h4-8,11,19H,3,10H2,1-2H3;5H. The lowest BCUT2D eigenvalue weighted by Crippen LogP contribution is -2.32. The van der Waals surface area contributed by atoms with Crippen molar-refractivity contribution < 1.29 is 23.3 Å². The lowest BCUT2D eigenvalue weighted by molar-refractivity contribution is -0.271. The summed E-state index contributed by atoms with van der Waals surface area (Å²) in [5, 5.41) is 18.8. The molecule has 0 radical (unpaired) electrons. The van der Waals surface area contributed by atoms with E-state index in [0.29, 0.717) is 17.6 Å². The Balaban J connectivity index is 0.000000550. The van der Waals surface area contributed by atoms with E-state index in [1.165, 1.54) is 0 Å². The molecule has 0 aliphatic heterocycles. The minimum Gasteiger partial charge on any atom is -0.369 e. The van der Waals surface area contributed by atoms with Crippen molar-refractivity contribution in [1.82, 2.24) is 4.98 Å². The Kier molecular flexibility index (Phi) is 7.96. The molecule has 1 heterocycles. The molecule has 1 N–H and O–H groups in total. The number of alkyl halides is 3. The van der Waals surface area contributed by atoms with Crippen molar-refractivity contribution in [3.8, 4) is 6.07 Å². The van der Waals surface area contributed by atoms with E-state index in [4.69, 9.17) is 10.5 Å². The summed E-state index contributed by atoms with van der Waals surface area (Å²) in [6.45, 7) is 5.16. The van der Waals surface area contributed by atoms with Crippen LogP contribution < -0.4 is 4.90 Å². The van der Waals surface area contributed by atoms with Crippen LogP contribution in [0.25, 0.3) is 10.9 Å². The smallest absolute Gasteiger partial charge is 0.369 e. The monoisotopic (exact) mass is 373 g/mol. The molecule has 2 rings (SSSR count). The maximum atomic E-state index is 10.2. The van der Waals surface area contributed by atoms with E-state index in [1.54, 1.807) is 19.2 Å². The fraction of sp³-hybridized carbons (Fsp3) is 0.375. The Morgan fingerprint density at radius 3 is 2.56 bits per heavy atom. The van der Waals surface area contributed by atoms with Gasteiger partial charge in [-0.05, 0) is 38.1 Å². The third-order valence-electron chi connectivity index (χ3n) is 3.25. The van der Waals surface area contributed by atoms with Crippen LogP contribution >= 0.6 is 12.6 Å². The summed E-state index contributed by atoms with van der Waals surface area (Å²) in [5.41, 5.74) is -2.06. The average Bonchev–Trinajstić information content (AvgIpc) is 2.57. The third kappa shape index (κ3) is 6.78. The molecule has 0 saturated carbocycles. The average molecular weight is 373 g/mol. The predicted molar refractivity (Wildman–Crippen MR) is 92.6 cm³/mol. The molecule has 0 aliphatic carbocycles. The predicted octanol–water partition coefficient (Wildman–Crippen LogP) is 4.25. The highest BCUT2D eigenvalue weighted by Crippen LogP contribution is 2.28. The van der Waals surface area contributed by atoms with E-state index in [1.807, 2.05) is 25.1 Å². The summed E-state index contributed by atoms with van der Waals surface area (Å²) in [4.78, 5) is 10.7. The largest absolute Gasteiger partial charge is 0.438 e. The van der Waals surface area contributed by atoms with Crippen molar-refractivity contribution in [3.05, 3.63) is 36.0 Å². The number of nitriles is 1. The Hall–Kier alpha value is -2.02. The molecule has 0 fully saturated rings. The van der Waals surface area contributed by atoms with Crippen LogP contribution in [0.3, 0.4) is 0 Å². The molecule has 0 amide bonds. The van der Waals surface area contributed by atoms with E-state index in [-0.39, 0.29) is 6.10 Å². The molecule has 0 bridgehead atoms. The van der Waals surface area contributed by atoms with Crippen LogP contribution in [0.2, 0.25) is 0 Å². The number of benzene rings is 1. The molecule has 0 spiro atoms. The third-order valence-corrected chi connectivity index (χ3v) is 3.25. The maximum absolute atomic E-state index is 10.2. The SMILES string of the molecule is CCN(CC(C)OO)c1ccc(C#N)c2ncccc12.FC(F)(F)S. The second kappa shape index (κ2) is 9.46. The van der Waals surface area contributed by atoms with Crippen molar-refractivity contribution in [2.75, 3.05) is 18.0 Å². The summed E-state index contributed by atoms with van der Waals surface area (Å²) >= 11 is 2.12. The molecule has 0 saturated heterocycles. The van der Waals surface area contributed by atoms with Gasteiger partial charge in [-0.15, -0.1) is 0 Å². The van der Waals surface area contributed by atoms with Crippen LogP contribution in [0.4, 0.5) is 18.9 Å². The van der Waals surface area contributed by atoms with Gasteiger partial charge in [0.05, 0.1) is 11.1 Å². The number of nitrogens with zero attached hydrogens (tertiary/aromatic N) is 3. The highest BCUT2D eigenvalue weighted by Gasteiger charge is 2.17. The Morgan fingerprint density at radius 1 is 1.40 bits per heavy atom. The zero-order valence-electron chi connectivity index (χ0n) is 13.7. The summed E-state index contributed by atoms with van der Waals surface area (Å²) < 4.78 is 30.7. The quantitative estimate of drug-likeness (QED) is 0.466. The van der Waals surface area contributed by atoms with E-state index >= 15 is 0 Å². The number of anilines is 1. The van der Waals surface area contributed by atoms with Crippen LogP contribution in [-0.4, -0.2) is 34.9 Å². The zero-order valence-corrected chi connectivity index (χ0v) is 14.6. The Labute approximate surface area is 149 Å². The number of pyridine rings is 1. The Bertz CT molecular complexity index is 729. The first kappa shape index (κ1) is 21.0. The van der Waals surface area contributed by atoms with Crippen molar-refractivity contribution in [2.45, 2.75) is 25.5 Å². The van der Waals surface area contributed by atoms with Crippen molar-refractivity contribution in [3.63, 3.8) is 0 Å².